The summed E-state index contributed by atoms with van der Waals surface area (Å²) in [5.41, 5.74) is 5.05. The van der Waals surface area contributed by atoms with Gasteiger partial charge in [-0.2, -0.15) is 0 Å². The molecule has 0 aliphatic heterocycles. The standard InChI is InChI=1S/C10H20N2O3/c1-8(2)6-12(7-9(11)14)10(15)4-3-5-13/h8,13H,3-7H2,1-2H3,(H2,11,14). The number of primary amides is 1. The van der Waals surface area contributed by atoms with Gasteiger partial charge in [0.05, 0.1) is 6.54 Å². The molecule has 5 nitrogen and oxygen atoms in total. The molecule has 0 saturated heterocycles. The maximum atomic E-state index is 11.6. The highest BCUT2D eigenvalue weighted by Crippen LogP contribution is 2.02. The van der Waals surface area contributed by atoms with Gasteiger partial charge in [0.25, 0.3) is 0 Å². The van der Waals surface area contributed by atoms with Gasteiger partial charge in [-0.25, -0.2) is 0 Å². The molecule has 0 aromatic heterocycles. The lowest BCUT2D eigenvalue weighted by Gasteiger charge is -2.23. The fourth-order valence-electron chi connectivity index (χ4n) is 1.27. The summed E-state index contributed by atoms with van der Waals surface area (Å²) < 4.78 is 0. The molecule has 15 heavy (non-hydrogen) atoms. The number of nitrogens with zero attached hydrogens (tertiary/aromatic N) is 1. The van der Waals surface area contributed by atoms with Crippen LogP contribution >= 0.6 is 0 Å². The number of carbonyl (C=O) groups is 2. The molecule has 0 aromatic rings. The van der Waals surface area contributed by atoms with E-state index < -0.39 is 5.91 Å². The summed E-state index contributed by atoms with van der Waals surface area (Å²) in [7, 11) is 0. The number of carbonyl (C=O) groups excluding carboxylic acids is 2. The van der Waals surface area contributed by atoms with Crippen molar-refractivity contribution in [3.8, 4) is 0 Å². The highest BCUT2D eigenvalue weighted by molar-refractivity contribution is 5.83. The first-order valence-corrected chi connectivity index (χ1v) is 5.14. The summed E-state index contributed by atoms with van der Waals surface area (Å²) in [6.07, 6.45) is 0.683. The van der Waals surface area contributed by atoms with Crippen molar-refractivity contribution >= 4 is 11.8 Å². The zero-order valence-corrected chi connectivity index (χ0v) is 9.40. The van der Waals surface area contributed by atoms with Crippen molar-refractivity contribution < 1.29 is 14.7 Å². The second-order valence-corrected chi connectivity index (χ2v) is 3.96. The minimum atomic E-state index is -0.506. The highest BCUT2D eigenvalue weighted by Gasteiger charge is 2.16. The Balaban J connectivity index is 4.20. The second-order valence-electron chi connectivity index (χ2n) is 3.96. The largest absolute Gasteiger partial charge is 0.396 e. The van der Waals surface area contributed by atoms with Crippen molar-refractivity contribution in [3.05, 3.63) is 0 Å². The summed E-state index contributed by atoms with van der Waals surface area (Å²) in [6.45, 7) is 4.40. The van der Waals surface area contributed by atoms with Gasteiger partial charge >= 0.3 is 0 Å². The van der Waals surface area contributed by atoms with Gasteiger partial charge in [-0.15, -0.1) is 0 Å². The lowest BCUT2D eigenvalue weighted by Crippen LogP contribution is -2.40. The third-order valence-corrected chi connectivity index (χ3v) is 1.83. The maximum Gasteiger partial charge on any atom is 0.237 e. The molecule has 88 valence electrons. The predicted octanol–water partition coefficient (Wildman–Crippen LogP) is -0.271. The van der Waals surface area contributed by atoms with Crippen molar-refractivity contribution in [2.24, 2.45) is 11.7 Å². The molecule has 3 N–H and O–H groups in total. The number of rotatable bonds is 7. The minimum Gasteiger partial charge on any atom is -0.396 e. The van der Waals surface area contributed by atoms with Crippen LogP contribution in [-0.2, 0) is 9.59 Å². The predicted molar refractivity (Wildman–Crippen MR) is 56.9 cm³/mol. The van der Waals surface area contributed by atoms with Crippen molar-refractivity contribution in [2.75, 3.05) is 19.7 Å². The van der Waals surface area contributed by atoms with Crippen molar-refractivity contribution in [3.63, 3.8) is 0 Å². The van der Waals surface area contributed by atoms with Gasteiger partial charge in [-0.3, -0.25) is 9.59 Å². The molecular weight excluding hydrogens is 196 g/mol. The smallest absolute Gasteiger partial charge is 0.237 e. The highest BCUT2D eigenvalue weighted by atomic mass is 16.3. The molecular formula is C10H20N2O3. The number of hydrogen-bond donors (Lipinski definition) is 2. The van der Waals surface area contributed by atoms with Crippen LogP contribution in [0.25, 0.3) is 0 Å². The van der Waals surface area contributed by atoms with Crippen molar-refractivity contribution in [1.82, 2.24) is 4.90 Å². The van der Waals surface area contributed by atoms with E-state index in [2.05, 4.69) is 0 Å². The average Bonchev–Trinajstić information content (AvgIpc) is 2.11. The van der Waals surface area contributed by atoms with Crippen LogP contribution in [0, 0.1) is 5.92 Å². The molecule has 0 radical (unpaired) electrons. The van der Waals surface area contributed by atoms with E-state index >= 15 is 0 Å². The summed E-state index contributed by atoms with van der Waals surface area (Å²) in [6, 6.07) is 0. The Morgan fingerprint density at radius 3 is 2.40 bits per heavy atom. The lowest BCUT2D eigenvalue weighted by molar-refractivity contribution is -0.135. The van der Waals surface area contributed by atoms with Gasteiger partial charge < -0.3 is 15.7 Å². The molecule has 0 bridgehead atoms. The molecule has 0 aliphatic rings. The Morgan fingerprint density at radius 1 is 1.40 bits per heavy atom. The van der Waals surface area contributed by atoms with Gasteiger partial charge in [-0.1, -0.05) is 13.8 Å². The van der Waals surface area contributed by atoms with Gasteiger partial charge in [0.1, 0.15) is 0 Å². The summed E-state index contributed by atoms with van der Waals surface area (Å²) in [5, 5.41) is 8.60. The first kappa shape index (κ1) is 13.9. The Labute approximate surface area is 90.2 Å². The van der Waals surface area contributed by atoms with E-state index in [1.165, 1.54) is 4.90 Å². The van der Waals surface area contributed by atoms with Crippen LogP contribution in [0.3, 0.4) is 0 Å². The van der Waals surface area contributed by atoms with Crippen LogP contribution in [0.1, 0.15) is 26.7 Å². The minimum absolute atomic E-state index is 0.0160. The van der Waals surface area contributed by atoms with Gasteiger partial charge in [0.15, 0.2) is 0 Å². The molecule has 0 aromatic carbocycles. The van der Waals surface area contributed by atoms with Crippen LogP contribution in [-0.4, -0.2) is 41.5 Å². The van der Waals surface area contributed by atoms with Crippen LogP contribution in [0.15, 0.2) is 0 Å². The molecule has 0 aliphatic carbocycles. The Bertz CT molecular complexity index is 217. The normalized spacial score (nSPS) is 10.4. The molecule has 0 unspecified atom stereocenters. The Hall–Kier alpha value is -1.10. The third-order valence-electron chi connectivity index (χ3n) is 1.83. The number of aliphatic hydroxyl groups is 1. The molecule has 0 heterocycles. The van der Waals surface area contributed by atoms with Crippen LogP contribution in [0.2, 0.25) is 0 Å². The van der Waals surface area contributed by atoms with E-state index in [-0.39, 0.29) is 25.5 Å². The molecule has 2 amide bonds. The molecule has 0 fully saturated rings. The summed E-state index contributed by atoms with van der Waals surface area (Å²) >= 11 is 0. The van der Waals surface area contributed by atoms with E-state index in [0.717, 1.165) is 0 Å². The zero-order chi connectivity index (χ0) is 11.8. The Kier molecular flexibility index (Phi) is 6.70. The lowest BCUT2D eigenvalue weighted by atomic mass is 10.2. The fraction of sp³-hybridized carbons (Fsp3) is 0.800. The zero-order valence-electron chi connectivity index (χ0n) is 9.40. The van der Waals surface area contributed by atoms with Crippen LogP contribution < -0.4 is 5.73 Å². The van der Waals surface area contributed by atoms with Crippen LogP contribution in [0.4, 0.5) is 0 Å². The first-order valence-electron chi connectivity index (χ1n) is 5.14. The molecule has 0 atom stereocenters. The summed E-state index contributed by atoms with van der Waals surface area (Å²) in [4.78, 5) is 23.8. The quantitative estimate of drug-likeness (QED) is 0.614. The first-order chi connectivity index (χ1) is 6.97. The molecule has 0 saturated carbocycles. The number of hydrogen-bond acceptors (Lipinski definition) is 3. The monoisotopic (exact) mass is 216 g/mol. The van der Waals surface area contributed by atoms with E-state index in [1.54, 1.807) is 0 Å². The maximum absolute atomic E-state index is 11.6. The van der Waals surface area contributed by atoms with Crippen LogP contribution in [0.5, 0.6) is 0 Å². The van der Waals surface area contributed by atoms with E-state index in [1.807, 2.05) is 13.8 Å². The SMILES string of the molecule is CC(C)CN(CC(N)=O)C(=O)CCCO. The second kappa shape index (κ2) is 7.23. The molecule has 0 rings (SSSR count). The average molecular weight is 216 g/mol. The van der Waals surface area contributed by atoms with Gasteiger partial charge in [-0.05, 0) is 12.3 Å². The van der Waals surface area contributed by atoms with Gasteiger partial charge in [0.2, 0.25) is 11.8 Å². The Morgan fingerprint density at radius 2 is 2.00 bits per heavy atom. The van der Waals surface area contributed by atoms with E-state index in [4.69, 9.17) is 10.8 Å². The van der Waals surface area contributed by atoms with E-state index in [0.29, 0.717) is 18.9 Å². The topological polar surface area (TPSA) is 83.6 Å². The number of nitrogens with two attached hydrogens (primary N) is 1. The molecule has 5 heteroatoms. The van der Waals surface area contributed by atoms with Gasteiger partial charge in [0, 0.05) is 19.6 Å². The summed E-state index contributed by atoms with van der Waals surface area (Å²) in [5.74, 6) is -0.341. The fourth-order valence-corrected chi connectivity index (χ4v) is 1.27. The molecule has 0 spiro atoms. The third kappa shape index (κ3) is 6.90. The number of amides is 2. The van der Waals surface area contributed by atoms with Crippen molar-refractivity contribution in [1.29, 1.82) is 0 Å². The van der Waals surface area contributed by atoms with Crippen molar-refractivity contribution in [2.45, 2.75) is 26.7 Å². The van der Waals surface area contributed by atoms with E-state index in [9.17, 15) is 9.59 Å². The number of aliphatic hydroxyl groups excluding tert-OH is 1.